The lowest BCUT2D eigenvalue weighted by molar-refractivity contribution is -0.292. The molecule has 0 radical (unpaired) electrons. The molecule has 0 saturated carbocycles. The van der Waals surface area contributed by atoms with Crippen molar-refractivity contribution in [3.05, 3.63) is 29.8 Å². The lowest BCUT2D eigenvalue weighted by Gasteiger charge is -2.49. The predicted octanol–water partition coefficient (Wildman–Crippen LogP) is 4.45. The molecule has 0 aromatic heterocycles. The molecule has 2 aliphatic heterocycles. The van der Waals surface area contributed by atoms with Gasteiger partial charge in [0.15, 0.2) is 6.10 Å². The van der Waals surface area contributed by atoms with Crippen LogP contribution < -0.4 is 4.74 Å². The van der Waals surface area contributed by atoms with Gasteiger partial charge in [-0.05, 0) is 86.4 Å². The second-order valence-electron chi connectivity index (χ2n) is 16.1. The average molecular weight is 831 g/mol. The van der Waals surface area contributed by atoms with Crippen molar-refractivity contribution in [1.29, 1.82) is 0 Å². The molecule has 3 rings (SSSR count). The van der Waals surface area contributed by atoms with E-state index in [4.69, 9.17) is 54.2 Å². The van der Waals surface area contributed by atoms with Gasteiger partial charge in [-0.1, -0.05) is 39.8 Å². The van der Waals surface area contributed by atoms with Crippen molar-refractivity contribution in [2.45, 2.75) is 193 Å². The summed E-state index contributed by atoms with van der Waals surface area (Å²) < 4.78 is 47.3. The number of methoxy groups -OCH3 is 2. The fourth-order valence-electron chi connectivity index (χ4n) is 6.26. The third kappa shape index (κ3) is 16.3. The van der Waals surface area contributed by atoms with Gasteiger partial charge >= 0.3 is 5.97 Å². The minimum atomic E-state index is -1.54. The van der Waals surface area contributed by atoms with Crippen LogP contribution >= 0.6 is 0 Å². The van der Waals surface area contributed by atoms with Crippen molar-refractivity contribution >= 4 is 12.4 Å². The number of hydrogen-bond acceptors (Lipinski definition) is 14. The standard InChI is InChI=1S/C38H60O13.2C2H6.CH2O2/c1-13-14-24-29(50-35(2,3)4)25(39)27(41)33(48-24)38(9,10)47-20-19-36(5,6)51-30-26(40)28(42)32(37(7,8)45-12)49-31(30)34(43)46-21-22-15-17-23(44-11)18-16-22;2*1-2;2-1-3/h1,15-18,24-33,39-42H,14,19-21H2,2-12H3;2*1-2H3;1H,(H,2,3)/t24?,25?,26?,27?,28?,29-,30+,31?,32?,33?;;;/m1.../s1. The van der Waals surface area contributed by atoms with E-state index in [0.717, 1.165) is 0 Å². The zero-order valence-corrected chi connectivity index (χ0v) is 37.4. The maximum absolute atomic E-state index is 13.6. The van der Waals surface area contributed by atoms with Crippen LogP contribution in [-0.4, -0.2) is 142 Å². The number of terminal acetylenes is 1. The molecule has 336 valence electrons. The molecular formula is C43H74O15. The van der Waals surface area contributed by atoms with Gasteiger partial charge in [0, 0.05) is 13.5 Å². The molecule has 2 fully saturated rings. The van der Waals surface area contributed by atoms with Gasteiger partial charge < -0.3 is 63.4 Å². The van der Waals surface area contributed by atoms with E-state index in [2.05, 4.69) is 5.92 Å². The van der Waals surface area contributed by atoms with Crippen molar-refractivity contribution in [3.63, 3.8) is 0 Å². The number of benzene rings is 1. The van der Waals surface area contributed by atoms with Crippen LogP contribution in [-0.2, 0) is 49.4 Å². The van der Waals surface area contributed by atoms with Gasteiger partial charge in [-0.25, -0.2) is 4.79 Å². The fourth-order valence-corrected chi connectivity index (χ4v) is 6.26. The molecule has 15 heteroatoms. The van der Waals surface area contributed by atoms with Gasteiger partial charge in [0.2, 0.25) is 0 Å². The number of rotatable bonds is 15. The first-order valence-electron chi connectivity index (χ1n) is 19.9. The number of carbonyl (C=O) groups is 2. The van der Waals surface area contributed by atoms with Crippen LogP contribution in [0.15, 0.2) is 24.3 Å². The Balaban J connectivity index is 0.00000436. The van der Waals surface area contributed by atoms with Gasteiger partial charge in [0.25, 0.3) is 6.47 Å². The fraction of sp³-hybridized carbons (Fsp3) is 0.767. The van der Waals surface area contributed by atoms with E-state index >= 15 is 0 Å². The molecule has 1 aromatic carbocycles. The Morgan fingerprint density at radius 3 is 1.76 bits per heavy atom. The van der Waals surface area contributed by atoms with Crippen LogP contribution in [0.1, 0.15) is 108 Å². The van der Waals surface area contributed by atoms with Crippen LogP contribution in [0, 0.1) is 12.3 Å². The Kier molecular flexibility index (Phi) is 23.8. The van der Waals surface area contributed by atoms with Crippen LogP contribution in [0.4, 0.5) is 0 Å². The summed E-state index contributed by atoms with van der Waals surface area (Å²) in [6.45, 7) is 23.6. The minimum absolute atomic E-state index is 0.0756. The van der Waals surface area contributed by atoms with E-state index in [1.807, 2.05) is 48.5 Å². The zero-order chi connectivity index (χ0) is 45.2. The Hall–Kier alpha value is -2.88. The molecule has 58 heavy (non-hydrogen) atoms. The Morgan fingerprint density at radius 2 is 1.29 bits per heavy atom. The molecule has 2 heterocycles. The average Bonchev–Trinajstić information content (AvgIpc) is 3.16. The van der Waals surface area contributed by atoms with Crippen molar-refractivity contribution < 1.29 is 73.0 Å². The Bertz CT molecular complexity index is 1350. The quantitative estimate of drug-likeness (QED) is 0.0940. The summed E-state index contributed by atoms with van der Waals surface area (Å²) in [4.78, 5) is 21.9. The molecule has 1 aromatic rings. The molecular weight excluding hydrogens is 756 g/mol. The van der Waals surface area contributed by atoms with Gasteiger partial charge in [-0.3, -0.25) is 4.79 Å². The molecule has 0 spiro atoms. The Labute approximate surface area is 346 Å². The number of esters is 1. The van der Waals surface area contributed by atoms with Crippen molar-refractivity contribution in [1.82, 2.24) is 0 Å². The number of carboxylic acid groups (broad SMARTS) is 1. The first kappa shape index (κ1) is 55.1. The smallest absolute Gasteiger partial charge is 0.338 e. The van der Waals surface area contributed by atoms with Crippen molar-refractivity contribution in [3.8, 4) is 18.1 Å². The van der Waals surface area contributed by atoms with Crippen LogP contribution in [0.5, 0.6) is 5.75 Å². The van der Waals surface area contributed by atoms with Gasteiger partial charge in [0.1, 0.15) is 61.2 Å². The highest BCUT2D eigenvalue weighted by atomic mass is 16.6. The topological polar surface area (TPSA) is 209 Å². The molecule has 0 bridgehead atoms. The number of ether oxygens (including phenoxy) is 8. The number of aliphatic hydroxyl groups is 4. The second-order valence-corrected chi connectivity index (χ2v) is 16.1. The predicted molar refractivity (Wildman–Crippen MR) is 218 cm³/mol. The molecule has 10 atom stereocenters. The number of aliphatic hydroxyl groups excluding tert-OH is 4. The normalized spacial score (nSPS) is 27.5. The highest BCUT2D eigenvalue weighted by Gasteiger charge is 2.55. The van der Waals surface area contributed by atoms with Crippen LogP contribution in [0.25, 0.3) is 0 Å². The third-order valence-electron chi connectivity index (χ3n) is 9.38. The molecule has 2 saturated heterocycles. The van der Waals surface area contributed by atoms with E-state index in [9.17, 15) is 25.2 Å². The lowest BCUT2D eigenvalue weighted by atomic mass is 9.85. The minimum Gasteiger partial charge on any atom is -0.497 e. The van der Waals surface area contributed by atoms with Crippen LogP contribution in [0.3, 0.4) is 0 Å². The first-order chi connectivity index (χ1) is 27.0. The molecule has 0 aliphatic carbocycles. The SMILES string of the molecule is C#CCC1OC(C(C)(C)OCCC(C)(C)O[C@@H]2C(C(=O)OCc3ccc(OC)cc3)OC(C(C)(C)OC)C(O)C2O)C(O)C(O)[C@@H]1OC(C)(C)C.CC.CC.O=CO. The van der Waals surface area contributed by atoms with Crippen LogP contribution in [0.2, 0.25) is 0 Å². The van der Waals surface area contributed by atoms with Gasteiger partial charge in [0.05, 0.1) is 42.2 Å². The highest BCUT2D eigenvalue weighted by molar-refractivity contribution is 5.76. The number of carbonyl (C=O) groups excluding carboxylic acids is 1. The summed E-state index contributed by atoms with van der Waals surface area (Å²) in [5.41, 5.74) is -3.13. The third-order valence-corrected chi connectivity index (χ3v) is 9.38. The Morgan fingerprint density at radius 1 is 0.793 bits per heavy atom. The highest BCUT2D eigenvalue weighted by Crippen LogP contribution is 2.37. The molecule has 8 unspecified atom stereocenters. The summed E-state index contributed by atoms with van der Waals surface area (Å²) in [7, 11) is 3.00. The van der Waals surface area contributed by atoms with Gasteiger partial charge in [-0.2, -0.15) is 0 Å². The van der Waals surface area contributed by atoms with E-state index in [1.54, 1.807) is 72.9 Å². The maximum Gasteiger partial charge on any atom is 0.338 e. The first-order valence-corrected chi connectivity index (χ1v) is 19.9. The molecule has 5 N–H and O–H groups in total. The van der Waals surface area contributed by atoms with E-state index in [1.165, 1.54) is 7.11 Å². The summed E-state index contributed by atoms with van der Waals surface area (Å²) in [5, 5.41) is 51.6. The number of hydrogen-bond donors (Lipinski definition) is 5. The largest absolute Gasteiger partial charge is 0.497 e. The van der Waals surface area contributed by atoms with Crippen molar-refractivity contribution in [2.75, 3.05) is 20.8 Å². The summed E-state index contributed by atoms with van der Waals surface area (Å²) in [5.74, 6) is 2.43. The monoisotopic (exact) mass is 831 g/mol. The van der Waals surface area contributed by atoms with Gasteiger partial charge in [-0.15, -0.1) is 12.3 Å². The maximum atomic E-state index is 13.6. The van der Waals surface area contributed by atoms with E-state index in [-0.39, 0.29) is 32.5 Å². The molecule has 15 nitrogen and oxygen atoms in total. The van der Waals surface area contributed by atoms with E-state index < -0.39 is 89.4 Å². The lowest BCUT2D eigenvalue weighted by Crippen LogP contribution is -2.66. The summed E-state index contributed by atoms with van der Waals surface area (Å²) in [6, 6.07) is 7.00. The summed E-state index contributed by atoms with van der Waals surface area (Å²) in [6.07, 6.45) is -5.94. The zero-order valence-electron chi connectivity index (χ0n) is 37.4. The van der Waals surface area contributed by atoms with E-state index in [0.29, 0.717) is 11.3 Å². The molecule has 0 amide bonds. The second kappa shape index (κ2) is 25.0. The van der Waals surface area contributed by atoms with Crippen molar-refractivity contribution in [2.24, 2.45) is 0 Å². The summed E-state index contributed by atoms with van der Waals surface area (Å²) >= 11 is 0. The molecule has 2 aliphatic rings.